The molecule has 0 radical (unpaired) electrons. The Balaban J connectivity index is 1.93. The number of carboxylic acid groups (broad SMARTS) is 1. The summed E-state index contributed by atoms with van der Waals surface area (Å²) in [6.45, 7) is 1.38. The summed E-state index contributed by atoms with van der Waals surface area (Å²) in [6, 6.07) is 21.9. The number of carbonyl (C=O) groups is 1. The van der Waals surface area contributed by atoms with E-state index < -0.39 is 24.2 Å². The zero-order chi connectivity index (χ0) is 23.2. The normalized spacial score (nSPS) is 14.5. The Kier molecular flexibility index (Phi) is 6.92. The maximum atomic E-state index is 13.7. The topological polar surface area (TPSA) is 128 Å². The summed E-state index contributed by atoms with van der Waals surface area (Å²) >= 11 is 0. The summed E-state index contributed by atoms with van der Waals surface area (Å²) in [5.74, 6) is -1.06. The Labute approximate surface area is 184 Å². The third-order valence-electron chi connectivity index (χ3n) is 4.50. The highest BCUT2D eigenvalue weighted by molar-refractivity contribution is 7.52. The van der Waals surface area contributed by atoms with Gasteiger partial charge in [-0.2, -0.15) is 5.09 Å². The fraction of sp³-hybridized carbons (Fsp3) is 0.136. The fourth-order valence-corrected chi connectivity index (χ4v) is 4.63. The molecule has 3 rings (SSSR count). The van der Waals surface area contributed by atoms with E-state index in [1.54, 1.807) is 60.7 Å². The van der Waals surface area contributed by atoms with Gasteiger partial charge in [0.15, 0.2) is 0 Å². The first kappa shape index (κ1) is 23.0. The van der Waals surface area contributed by atoms with Gasteiger partial charge in [-0.25, -0.2) is 4.57 Å². The van der Waals surface area contributed by atoms with Crippen molar-refractivity contribution in [1.29, 1.82) is 0 Å². The lowest BCUT2D eigenvalue weighted by molar-refractivity contribution is -0.384. The number of rotatable bonds is 10. The van der Waals surface area contributed by atoms with E-state index in [1.807, 2.05) is 0 Å². The first-order chi connectivity index (χ1) is 15.2. The van der Waals surface area contributed by atoms with E-state index in [0.29, 0.717) is 5.56 Å². The molecular weight excluding hydrogens is 435 g/mol. The molecule has 0 fully saturated rings. The zero-order valence-corrected chi connectivity index (χ0v) is 18.0. The highest BCUT2D eigenvalue weighted by Crippen LogP contribution is 2.47. The molecule has 0 bridgehead atoms. The van der Waals surface area contributed by atoms with Crippen molar-refractivity contribution in [2.24, 2.45) is 0 Å². The van der Waals surface area contributed by atoms with Crippen LogP contribution in [0.1, 0.15) is 12.5 Å². The van der Waals surface area contributed by atoms with Gasteiger partial charge in [-0.15, -0.1) is 0 Å². The van der Waals surface area contributed by atoms with Gasteiger partial charge in [0.1, 0.15) is 17.0 Å². The molecule has 10 heteroatoms. The highest BCUT2D eigenvalue weighted by Gasteiger charge is 2.44. The minimum Gasteiger partial charge on any atom is -0.480 e. The quantitative estimate of drug-likeness (QED) is 0.252. The first-order valence-electron chi connectivity index (χ1n) is 9.55. The Morgan fingerprint density at radius 3 is 1.97 bits per heavy atom. The summed E-state index contributed by atoms with van der Waals surface area (Å²) in [6.07, 6.45) is -0.00503. The lowest BCUT2D eigenvalue weighted by atomic mass is 9.94. The highest BCUT2D eigenvalue weighted by atomic mass is 31.2. The van der Waals surface area contributed by atoms with Crippen LogP contribution in [0, 0.1) is 10.1 Å². The molecule has 2 atom stereocenters. The summed E-state index contributed by atoms with van der Waals surface area (Å²) in [5.41, 5.74) is -1.19. The first-order valence-corrected chi connectivity index (χ1v) is 11.1. The van der Waals surface area contributed by atoms with Crippen molar-refractivity contribution in [3.63, 3.8) is 0 Å². The van der Waals surface area contributed by atoms with Gasteiger partial charge in [-0.3, -0.25) is 14.9 Å². The molecule has 0 aliphatic rings. The number of hydrogen-bond acceptors (Lipinski definition) is 6. The molecule has 1 unspecified atom stereocenters. The lowest BCUT2D eigenvalue weighted by Gasteiger charge is -2.30. The Bertz CT molecular complexity index is 1120. The van der Waals surface area contributed by atoms with E-state index >= 15 is 0 Å². The van der Waals surface area contributed by atoms with Crippen molar-refractivity contribution in [1.82, 2.24) is 5.09 Å². The molecule has 9 nitrogen and oxygen atoms in total. The van der Waals surface area contributed by atoms with Gasteiger partial charge in [0, 0.05) is 18.6 Å². The second-order valence-electron chi connectivity index (χ2n) is 7.16. The number of nitrogens with zero attached hydrogens (tertiary/aromatic N) is 1. The number of aliphatic carboxylic acids is 1. The lowest BCUT2D eigenvalue weighted by Crippen LogP contribution is -2.50. The molecule has 0 saturated heterocycles. The molecule has 2 N–H and O–H groups in total. The van der Waals surface area contributed by atoms with Crippen LogP contribution in [-0.4, -0.2) is 21.5 Å². The Hall–Kier alpha value is -3.68. The summed E-state index contributed by atoms with van der Waals surface area (Å²) in [5, 5.41) is 23.4. The van der Waals surface area contributed by atoms with E-state index in [4.69, 9.17) is 9.05 Å². The molecule has 0 aliphatic heterocycles. The van der Waals surface area contributed by atoms with Crippen LogP contribution in [0.3, 0.4) is 0 Å². The molecular formula is C22H21N2O7P. The molecule has 0 spiro atoms. The van der Waals surface area contributed by atoms with Crippen LogP contribution in [0.5, 0.6) is 11.5 Å². The van der Waals surface area contributed by atoms with E-state index in [1.165, 1.54) is 31.2 Å². The van der Waals surface area contributed by atoms with Crippen LogP contribution >= 0.6 is 7.75 Å². The van der Waals surface area contributed by atoms with E-state index in [0.717, 1.165) is 0 Å². The standard InChI is InChI=1S/C22H21N2O7P/c1-22(21(25)26,16-17-8-4-2-5-9-17)23-32(29,30-19-10-6-3-7-11-19)31-20-14-12-18(13-15-20)24(27)28/h2-15H,16H2,1H3,(H,23,29)(H,25,26)/t22-,32?/m1/s1. The maximum absolute atomic E-state index is 13.7. The number of nitrogens with one attached hydrogen (secondary N) is 1. The predicted molar refractivity (Wildman–Crippen MR) is 118 cm³/mol. The third-order valence-corrected chi connectivity index (χ3v) is 6.17. The second kappa shape index (κ2) is 9.64. The Morgan fingerprint density at radius 1 is 0.969 bits per heavy atom. The number of hydrogen-bond donors (Lipinski definition) is 2. The van der Waals surface area contributed by atoms with Gasteiger partial charge >= 0.3 is 13.7 Å². The smallest absolute Gasteiger partial charge is 0.480 e. The summed E-state index contributed by atoms with van der Waals surface area (Å²) < 4.78 is 24.9. The van der Waals surface area contributed by atoms with Crippen LogP contribution in [0.25, 0.3) is 0 Å². The minimum absolute atomic E-state index is 0.00503. The SMILES string of the molecule is C[C@](Cc1ccccc1)(NP(=O)(Oc1ccccc1)Oc1ccc([N+](=O)[O-])cc1)C(=O)O. The molecule has 0 saturated carbocycles. The van der Waals surface area contributed by atoms with Crippen molar-refractivity contribution in [2.45, 2.75) is 18.9 Å². The van der Waals surface area contributed by atoms with Gasteiger partial charge in [0.2, 0.25) is 0 Å². The van der Waals surface area contributed by atoms with Crippen LogP contribution in [0.4, 0.5) is 5.69 Å². The predicted octanol–water partition coefficient (Wildman–Crippen LogP) is 4.84. The largest absolute Gasteiger partial charge is 0.513 e. The van der Waals surface area contributed by atoms with Crippen molar-refractivity contribution < 1.29 is 28.4 Å². The average molecular weight is 456 g/mol. The number of benzene rings is 3. The van der Waals surface area contributed by atoms with E-state index in [2.05, 4.69) is 5.09 Å². The molecule has 0 aliphatic carbocycles. The summed E-state index contributed by atoms with van der Waals surface area (Å²) in [4.78, 5) is 22.5. The third kappa shape index (κ3) is 5.94. The van der Waals surface area contributed by atoms with E-state index in [-0.39, 0.29) is 23.6 Å². The minimum atomic E-state index is -4.32. The van der Waals surface area contributed by atoms with Crippen LogP contribution < -0.4 is 14.1 Å². The van der Waals surface area contributed by atoms with Crippen molar-refractivity contribution in [3.8, 4) is 11.5 Å². The van der Waals surface area contributed by atoms with Gasteiger partial charge in [0.05, 0.1) is 4.92 Å². The molecule has 0 amide bonds. The number of non-ortho nitro benzene ring substituents is 1. The fourth-order valence-electron chi connectivity index (χ4n) is 2.92. The number of para-hydroxylation sites is 1. The van der Waals surface area contributed by atoms with Crippen molar-refractivity contribution in [3.05, 3.63) is 101 Å². The number of nitro benzene ring substituents is 1. The Morgan fingerprint density at radius 2 is 1.47 bits per heavy atom. The van der Waals surface area contributed by atoms with Crippen LogP contribution in [-0.2, 0) is 15.8 Å². The van der Waals surface area contributed by atoms with Gasteiger partial charge in [-0.05, 0) is 36.8 Å². The maximum Gasteiger partial charge on any atom is 0.513 e. The number of carboxylic acids is 1. The van der Waals surface area contributed by atoms with Crippen LogP contribution in [0.2, 0.25) is 0 Å². The van der Waals surface area contributed by atoms with Crippen molar-refractivity contribution >= 4 is 19.4 Å². The molecule has 166 valence electrons. The van der Waals surface area contributed by atoms with Gasteiger partial charge in [-0.1, -0.05) is 48.5 Å². The van der Waals surface area contributed by atoms with Crippen LogP contribution in [0.15, 0.2) is 84.9 Å². The van der Waals surface area contributed by atoms with E-state index in [9.17, 15) is 24.6 Å². The van der Waals surface area contributed by atoms with Gasteiger partial charge in [0.25, 0.3) is 5.69 Å². The summed E-state index contributed by atoms with van der Waals surface area (Å²) in [7, 11) is -4.32. The average Bonchev–Trinajstić information content (AvgIpc) is 2.75. The molecule has 3 aromatic carbocycles. The molecule has 32 heavy (non-hydrogen) atoms. The monoisotopic (exact) mass is 456 g/mol. The molecule has 0 heterocycles. The van der Waals surface area contributed by atoms with Gasteiger partial charge < -0.3 is 14.2 Å². The van der Waals surface area contributed by atoms with Crippen molar-refractivity contribution in [2.75, 3.05) is 0 Å². The molecule has 3 aromatic rings. The zero-order valence-electron chi connectivity index (χ0n) is 17.1. The molecule has 0 aromatic heterocycles. The number of nitro groups is 1. The second-order valence-corrected chi connectivity index (χ2v) is 8.74.